The number of aromatic hydroxyl groups is 1. The number of benzene rings is 2. The summed E-state index contributed by atoms with van der Waals surface area (Å²) in [6, 6.07) is 12.0. The number of hydrogen-bond acceptors (Lipinski definition) is 4. The molecule has 2 amide bonds. The maximum atomic E-state index is 12.5. The highest BCUT2D eigenvalue weighted by atomic mass is 79.9. The first-order valence-electron chi connectivity index (χ1n) is 6.93. The van der Waals surface area contributed by atoms with E-state index < -0.39 is 5.91 Å². The van der Waals surface area contributed by atoms with Crippen LogP contribution in [0.4, 0.5) is 4.79 Å². The SMILES string of the molecule is O=C1S/C(=C\c2cc(Br)ccc2O)C(=O)N1Cc1ccccc1Cl. The molecule has 0 atom stereocenters. The number of carbonyl (C=O) groups is 2. The highest BCUT2D eigenvalue weighted by Crippen LogP contribution is 2.35. The molecule has 4 nitrogen and oxygen atoms in total. The largest absolute Gasteiger partial charge is 0.507 e. The molecular weight excluding hydrogens is 414 g/mol. The molecule has 1 fully saturated rings. The Bertz CT molecular complexity index is 869. The van der Waals surface area contributed by atoms with E-state index in [1.54, 1.807) is 36.4 Å². The van der Waals surface area contributed by atoms with E-state index >= 15 is 0 Å². The lowest BCUT2D eigenvalue weighted by Gasteiger charge is -2.13. The van der Waals surface area contributed by atoms with Gasteiger partial charge in [0.1, 0.15) is 5.75 Å². The number of nitrogens with zero attached hydrogens (tertiary/aromatic N) is 1. The van der Waals surface area contributed by atoms with Crippen LogP contribution in [0.2, 0.25) is 5.02 Å². The normalized spacial score (nSPS) is 16.2. The molecule has 2 aromatic rings. The number of imide groups is 1. The van der Waals surface area contributed by atoms with Gasteiger partial charge in [0.2, 0.25) is 0 Å². The van der Waals surface area contributed by atoms with E-state index in [-0.39, 0.29) is 22.4 Å². The van der Waals surface area contributed by atoms with Crippen molar-refractivity contribution in [2.45, 2.75) is 6.54 Å². The highest BCUT2D eigenvalue weighted by Gasteiger charge is 2.35. The molecule has 0 bridgehead atoms. The van der Waals surface area contributed by atoms with Crippen molar-refractivity contribution in [1.29, 1.82) is 0 Å². The minimum atomic E-state index is -0.399. The van der Waals surface area contributed by atoms with Crippen LogP contribution in [0.25, 0.3) is 6.08 Å². The Kier molecular flexibility index (Phi) is 4.99. The van der Waals surface area contributed by atoms with Crippen molar-refractivity contribution in [3.63, 3.8) is 0 Å². The van der Waals surface area contributed by atoms with E-state index in [0.717, 1.165) is 21.1 Å². The zero-order chi connectivity index (χ0) is 17.3. The maximum absolute atomic E-state index is 12.5. The van der Waals surface area contributed by atoms with Crippen molar-refractivity contribution in [3.05, 3.63) is 68.0 Å². The van der Waals surface area contributed by atoms with Crippen LogP contribution in [0.1, 0.15) is 11.1 Å². The van der Waals surface area contributed by atoms with Crippen molar-refractivity contribution in [2.24, 2.45) is 0 Å². The van der Waals surface area contributed by atoms with Gasteiger partial charge in [0.05, 0.1) is 11.4 Å². The number of halogens is 2. The van der Waals surface area contributed by atoms with Crippen molar-refractivity contribution >= 4 is 56.5 Å². The van der Waals surface area contributed by atoms with Crippen LogP contribution in [-0.2, 0) is 11.3 Å². The van der Waals surface area contributed by atoms with Gasteiger partial charge >= 0.3 is 0 Å². The highest BCUT2D eigenvalue weighted by molar-refractivity contribution is 9.10. The molecule has 1 N–H and O–H groups in total. The summed E-state index contributed by atoms with van der Waals surface area (Å²) < 4.78 is 0.766. The Morgan fingerprint density at radius 3 is 2.71 bits per heavy atom. The van der Waals surface area contributed by atoms with Crippen LogP contribution >= 0.6 is 39.3 Å². The number of phenolic OH excluding ortho intramolecular Hbond substituents is 1. The first kappa shape index (κ1) is 17.1. The molecular formula is C17H11BrClNO3S. The Morgan fingerprint density at radius 1 is 1.21 bits per heavy atom. The number of phenols is 1. The smallest absolute Gasteiger partial charge is 0.293 e. The molecule has 0 aromatic heterocycles. The molecule has 0 spiro atoms. The van der Waals surface area contributed by atoms with Crippen molar-refractivity contribution in [2.75, 3.05) is 0 Å². The van der Waals surface area contributed by atoms with Crippen molar-refractivity contribution < 1.29 is 14.7 Å². The summed E-state index contributed by atoms with van der Waals surface area (Å²) in [6.07, 6.45) is 1.51. The van der Waals surface area contributed by atoms with E-state index in [0.29, 0.717) is 16.1 Å². The zero-order valence-electron chi connectivity index (χ0n) is 12.2. The van der Waals surface area contributed by atoms with Gasteiger partial charge in [-0.25, -0.2) is 0 Å². The summed E-state index contributed by atoms with van der Waals surface area (Å²) in [5.41, 5.74) is 1.17. The van der Waals surface area contributed by atoms with Crippen LogP contribution in [0.5, 0.6) is 5.75 Å². The predicted octanol–water partition coefficient (Wildman–Crippen LogP) is 5.04. The lowest BCUT2D eigenvalue weighted by Crippen LogP contribution is -2.27. The van der Waals surface area contributed by atoms with Crippen LogP contribution in [-0.4, -0.2) is 21.2 Å². The van der Waals surface area contributed by atoms with E-state index in [1.807, 2.05) is 0 Å². The fourth-order valence-electron chi connectivity index (χ4n) is 2.22. The molecule has 122 valence electrons. The lowest BCUT2D eigenvalue weighted by atomic mass is 10.2. The van der Waals surface area contributed by atoms with Gasteiger partial charge in [0.25, 0.3) is 11.1 Å². The molecule has 0 unspecified atom stereocenters. The molecule has 2 aromatic carbocycles. The molecule has 1 aliphatic heterocycles. The Morgan fingerprint density at radius 2 is 1.96 bits per heavy atom. The summed E-state index contributed by atoms with van der Waals surface area (Å²) in [6.45, 7) is 0.117. The molecule has 3 rings (SSSR count). The molecule has 1 aliphatic rings. The zero-order valence-corrected chi connectivity index (χ0v) is 15.4. The number of hydrogen-bond donors (Lipinski definition) is 1. The third-order valence-corrected chi connectivity index (χ3v) is 5.21. The van der Waals surface area contributed by atoms with Gasteiger partial charge in [-0.3, -0.25) is 14.5 Å². The maximum Gasteiger partial charge on any atom is 0.293 e. The van der Waals surface area contributed by atoms with Gasteiger partial charge < -0.3 is 5.11 Å². The summed E-state index contributed by atoms with van der Waals surface area (Å²) in [7, 11) is 0. The molecule has 1 saturated heterocycles. The third kappa shape index (κ3) is 3.50. The molecule has 1 heterocycles. The second kappa shape index (κ2) is 7.01. The number of carbonyl (C=O) groups excluding carboxylic acids is 2. The quantitative estimate of drug-likeness (QED) is 0.701. The molecule has 24 heavy (non-hydrogen) atoms. The van der Waals surface area contributed by atoms with Crippen molar-refractivity contribution in [1.82, 2.24) is 4.90 Å². The Balaban J connectivity index is 1.88. The lowest BCUT2D eigenvalue weighted by molar-refractivity contribution is -0.123. The minimum absolute atomic E-state index is 0.0381. The van der Waals surface area contributed by atoms with Gasteiger partial charge in [-0.05, 0) is 47.7 Å². The van der Waals surface area contributed by atoms with Crippen LogP contribution in [0, 0.1) is 0 Å². The van der Waals surface area contributed by atoms with Gasteiger partial charge in [-0.1, -0.05) is 45.7 Å². The number of thioether (sulfide) groups is 1. The number of rotatable bonds is 3. The molecule has 7 heteroatoms. The molecule has 0 radical (unpaired) electrons. The topological polar surface area (TPSA) is 57.6 Å². The van der Waals surface area contributed by atoms with Gasteiger partial charge in [-0.2, -0.15) is 0 Å². The van der Waals surface area contributed by atoms with Gasteiger partial charge in [-0.15, -0.1) is 0 Å². The molecule has 0 aliphatic carbocycles. The minimum Gasteiger partial charge on any atom is -0.507 e. The average molecular weight is 425 g/mol. The van der Waals surface area contributed by atoms with Crippen molar-refractivity contribution in [3.8, 4) is 5.75 Å². The second-order valence-electron chi connectivity index (χ2n) is 5.06. The summed E-state index contributed by atoms with van der Waals surface area (Å²) >= 11 is 10.3. The van der Waals surface area contributed by atoms with Crippen LogP contribution in [0.15, 0.2) is 51.8 Å². The third-order valence-electron chi connectivity index (χ3n) is 3.44. The fourth-order valence-corrected chi connectivity index (χ4v) is 3.62. The summed E-state index contributed by atoms with van der Waals surface area (Å²) in [4.78, 5) is 26.1. The van der Waals surface area contributed by atoms with E-state index in [2.05, 4.69) is 15.9 Å². The monoisotopic (exact) mass is 423 g/mol. The van der Waals surface area contributed by atoms with Crippen LogP contribution in [0.3, 0.4) is 0 Å². The van der Waals surface area contributed by atoms with Crippen LogP contribution < -0.4 is 0 Å². The van der Waals surface area contributed by atoms with E-state index in [1.165, 1.54) is 12.1 Å². The van der Waals surface area contributed by atoms with Gasteiger partial charge in [0.15, 0.2) is 0 Å². The standard InChI is InChI=1S/C17H11BrClNO3S/c18-12-5-6-14(21)11(7-12)8-15-16(22)20(17(23)24-15)9-10-3-1-2-4-13(10)19/h1-8,21H,9H2/b15-8-. The van der Waals surface area contributed by atoms with E-state index in [9.17, 15) is 14.7 Å². The predicted molar refractivity (Wildman–Crippen MR) is 98.8 cm³/mol. The van der Waals surface area contributed by atoms with E-state index in [4.69, 9.17) is 11.6 Å². The van der Waals surface area contributed by atoms with Gasteiger partial charge in [0, 0.05) is 15.1 Å². The Labute approximate surface area is 156 Å². The first-order chi connectivity index (χ1) is 11.5. The average Bonchev–Trinajstić information content (AvgIpc) is 2.80. The Hall–Kier alpha value is -1.76. The molecule has 0 saturated carbocycles. The first-order valence-corrected chi connectivity index (χ1v) is 8.92. The second-order valence-corrected chi connectivity index (χ2v) is 7.38. The summed E-state index contributed by atoms with van der Waals surface area (Å²) in [5.74, 6) is -0.361. The summed E-state index contributed by atoms with van der Waals surface area (Å²) in [5, 5.41) is 10.0. The number of amides is 2. The fraction of sp³-hybridized carbons (Fsp3) is 0.0588.